The maximum atomic E-state index is 13.5. The second kappa shape index (κ2) is 7.63. The van der Waals surface area contributed by atoms with Crippen molar-refractivity contribution in [3.63, 3.8) is 0 Å². The van der Waals surface area contributed by atoms with Gasteiger partial charge in [-0.2, -0.15) is 0 Å². The lowest BCUT2D eigenvalue weighted by atomic mass is 10.1. The molecule has 33 heavy (non-hydrogen) atoms. The number of hydrogen-bond donors (Lipinski definition) is 1. The van der Waals surface area contributed by atoms with Crippen molar-refractivity contribution in [2.75, 3.05) is 14.1 Å². The number of benzene rings is 2. The summed E-state index contributed by atoms with van der Waals surface area (Å²) in [6.45, 7) is 3.64. The quantitative estimate of drug-likeness (QED) is 0.449. The van der Waals surface area contributed by atoms with Crippen LogP contribution in [0.2, 0.25) is 0 Å². The predicted octanol–water partition coefficient (Wildman–Crippen LogP) is 4.18. The number of rotatable bonds is 3. The Hall–Kier alpha value is -4.40. The number of oxazole rings is 1. The summed E-state index contributed by atoms with van der Waals surface area (Å²) < 4.78 is 12.7. The third-order valence-corrected chi connectivity index (χ3v) is 5.36. The summed E-state index contributed by atoms with van der Waals surface area (Å²) in [6, 6.07) is 14.8. The fraction of sp³-hybridized carbons (Fsp3) is 0.167. The number of carbonyl (C=O) groups excluding carboxylic acids is 1. The molecular formula is C24H21N5O4. The summed E-state index contributed by atoms with van der Waals surface area (Å²) >= 11 is 0. The van der Waals surface area contributed by atoms with Gasteiger partial charge in [-0.05, 0) is 31.5 Å². The van der Waals surface area contributed by atoms with Crippen LogP contribution in [0.15, 0.2) is 57.7 Å². The van der Waals surface area contributed by atoms with Gasteiger partial charge in [0.05, 0.1) is 5.69 Å². The first-order chi connectivity index (χ1) is 15.8. The van der Waals surface area contributed by atoms with Gasteiger partial charge in [-0.15, -0.1) is 0 Å². The minimum absolute atomic E-state index is 0.108. The highest BCUT2D eigenvalue weighted by molar-refractivity contribution is 5.86. The number of para-hydroxylation sites is 1. The zero-order chi connectivity index (χ0) is 23.3. The van der Waals surface area contributed by atoms with Gasteiger partial charge in [-0.1, -0.05) is 36.4 Å². The monoisotopic (exact) mass is 443 g/mol. The van der Waals surface area contributed by atoms with Crippen LogP contribution in [0.1, 0.15) is 11.4 Å². The normalized spacial score (nSPS) is 11.3. The number of aromatic nitrogens is 4. The van der Waals surface area contributed by atoms with Crippen LogP contribution in [-0.2, 0) is 0 Å². The van der Waals surface area contributed by atoms with E-state index in [1.165, 1.54) is 9.42 Å². The van der Waals surface area contributed by atoms with Crippen LogP contribution in [0.5, 0.6) is 5.75 Å². The Bertz CT molecular complexity index is 1580. The van der Waals surface area contributed by atoms with Crippen molar-refractivity contribution in [1.82, 2.24) is 24.5 Å². The van der Waals surface area contributed by atoms with E-state index in [1.54, 1.807) is 39.2 Å². The Balaban J connectivity index is 1.68. The molecular weight excluding hydrogens is 422 g/mol. The molecule has 9 nitrogen and oxygen atoms in total. The van der Waals surface area contributed by atoms with Crippen molar-refractivity contribution in [3.8, 4) is 28.3 Å². The van der Waals surface area contributed by atoms with E-state index in [0.717, 1.165) is 16.8 Å². The summed E-state index contributed by atoms with van der Waals surface area (Å²) in [4.78, 5) is 36.0. The topological polar surface area (TPSA) is 106 Å². The summed E-state index contributed by atoms with van der Waals surface area (Å²) in [5.74, 6) is 0.353. The lowest BCUT2D eigenvalue weighted by Crippen LogP contribution is -2.25. The molecule has 2 aromatic carbocycles. The highest BCUT2D eigenvalue weighted by Gasteiger charge is 2.23. The number of aromatic amines is 1. The average molecular weight is 443 g/mol. The Morgan fingerprint density at radius 3 is 2.52 bits per heavy atom. The van der Waals surface area contributed by atoms with E-state index in [1.807, 2.05) is 37.3 Å². The van der Waals surface area contributed by atoms with E-state index >= 15 is 0 Å². The van der Waals surface area contributed by atoms with Crippen molar-refractivity contribution in [1.29, 1.82) is 0 Å². The molecule has 0 bridgehead atoms. The second-order valence-electron chi connectivity index (χ2n) is 7.90. The van der Waals surface area contributed by atoms with Gasteiger partial charge in [0.15, 0.2) is 22.5 Å². The van der Waals surface area contributed by atoms with Crippen LogP contribution >= 0.6 is 0 Å². The molecule has 0 fully saturated rings. The van der Waals surface area contributed by atoms with E-state index < -0.39 is 6.09 Å². The molecule has 0 aliphatic heterocycles. The minimum atomic E-state index is -0.540. The van der Waals surface area contributed by atoms with Crippen LogP contribution in [0.25, 0.3) is 39.3 Å². The largest absolute Gasteiger partial charge is 0.436 e. The SMILES string of the molecule is Cc1nc2c(-c3ccccc3)c(C)[nH]n2c(=O)c1-c1nc2c(OC(=O)N(C)C)cccc2o1. The number of nitrogens with zero attached hydrogens (tertiary/aromatic N) is 4. The smallest absolute Gasteiger partial charge is 0.414 e. The number of ether oxygens (including phenoxy) is 1. The Labute approximate surface area is 188 Å². The van der Waals surface area contributed by atoms with Crippen LogP contribution < -0.4 is 10.3 Å². The highest BCUT2D eigenvalue weighted by Crippen LogP contribution is 2.32. The number of aryl methyl sites for hydroxylation is 2. The fourth-order valence-electron chi connectivity index (χ4n) is 3.78. The molecule has 0 saturated heterocycles. The van der Waals surface area contributed by atoms with Crippen LogP contribution in [-0.4, -0.2) is 44.7 Å². The van der Waals surface area contributed by atoms with E-state index in [0.29, 0.717) is 22.4 Å². The third-order valence-electron chi connectivity index (χ3n) is 5.36. The molecule has 1 N–H and O–H groups in total. The molecule has 3 aromatic heterocycles. The van der Waals surface area contributed by atoms with Gasteiger partial charge in [0.1, 0.15) is 5.56 Å². The first kappa shape index (κ1) is 20.5. The van der Waals surface area contributed by atoms with Crippen molar-refractivity contribution in [2.45, 2.75) is 13.8 Å². The third kappa shape index (κ3) is 3.34. The number of H-pyrrole nitrogens is 1. The molecule has 166 valence electrons. The fourth-order valence-corrected chi connectivity index (χ4v) is 3.78. The second-order valence-corrected chi connectivity index (χ2v) is 7.90. The highest BCUT2D eigenvalue weighted by atomic mass is 16.6. The predicted molar refractivity (Wildman–Crippen MR) is 123 cm³/mol. The summed E-state index contributed by atoms with van der Waals surface area (Å²) in [7, 11) is 3.17. The molecule has 0 aliphatic carbocycles. The molecule has 5 rings (SSSR count). The number of fused-ring (bicyclic) bond motifs is 2. The van der Waals surface area contributed by atoms with Crippen LogP contribution in [0.3, 0.4) is 0 Å². The van der Waals surface area contributed by atoms with Gasteiger partial charge in [0, 0.05) is 25.4 Å². The number of hydrogen-bond acceptors (Lipinski definition) is 6. The molecule has 0 atom stereocenters. The lowest BCUT2D eigenvalue weighted by Gasteiger charge is -2.10. The first-order valence-electron chi connectivity index (χ1n) is 10.3. The van der Waals surface area contributed by atoms with Crippen LogP contribution in [0, 0.1) is 13.8 Å². The molecule has 0 spiro atoms. The number of amides is 1. The standard InChI is InChI=1S/C24H21N5O4/c1-13-19(22-26-20-16(32-22)11-8-12-17(20)33-24(31)28(3)4)23(30)29-21(25-13)18(14(2)27-29)15-9-6-5-7-10-15/h5-12,27H,1-4H3. The summed E-state index contributed by atoms with van der Waals surface area (Å²) in [5.41, 5.74) is 4.29. The number of carbonyl (C=O) groups is 1. The van der Waals surface area contributed by atoms with Crippen molar-refractivity contribution < 1.29 is 13.9 Å². The summed E-state index contributed by atoms with van der Waals surface area (Å²) in [5, 5.41) is 3.11. The lowest BCUT2D eigenvalue weighted by molar-refractivity contribution is 0.172. The minimum Gasteiger partial charge on any atom is -0.436 e. The molecule has 5 aromatic rings. The maximum absolute atomic E-state index is 13.5. The maximum Gasteiger partial charge on any atom is 0.414 e. The first-order valence-corrected chi connectivity index (χ1v) is 10.3. The van der Waals surface area contributed by atoms with Crippen molar-refractivity contribution in [2.24, 2.45) is 0 Å². The van der Waals surface area contributed by atoms with Gasteiger partial charge < -0.3 is 14.1 Å². The Morgan fingerprint density at radius 2 is 1.79 bits per heavy atom. The van der Waals surface area contributed by atoms with Gasteiger partial charge in [0.25, 0.3) is 5.56 Å². The summed E-state index contributed by atoms with van der Waals surface area (Å²) in [6.07, 6.45) is -0.540. The van der Waals surface area contributed by atoms with E-state index in [2.05, 4.69) is 10.1 Å². The average Bonchev–Trinajstić information content (AvgIpc) is 3.35. The molecule has 0 radical (unpaired) electrons. The molecule has 0 unspecified atom stereocenters. The van der Waals surface area contributed by atoms with Gasteiger partial charge >= 0.3 is 6.09 Å². The molecule has 1 amide bonds. The Kier molecular flexibility index (Phi) is 4.74. The molecule has 3 heterocycles. The van der Waals surface area contributed by atoms with Gasteiger partial charge in [0.2, 0.25) is 5.89 Å². The van der Waals surface area contributed by atoms with Crippen molar-refractivity contribution >= 4 is 22.8 Å². The molecule has 9 heteroatoms. The molecule has 0 aliphatic rings. The zero-order valence-corrected chi connectivity index (χ0v) is 18.5. The zero-order valence-electron chi connectivity index (χ0n) is 18.5. The van der Waals surface area contributed by atoms with Crippen molar-refractivity contribution in [3.05, 3.63) is 70.3 Å². The van der Waals surface area contributed by atoms with Gasteiger partial charge in [-0.25, -0.2) is 19.3 Å². The number of nitrogens with one attached hydrogen (secondary N) is 1. The van der Waals surface area contributed by atoms with Gasteiger partial charge in [-0.3, -0.25) is 9.89 Å². The Morgan fingerprint density at radius 1 is 1.03 bits per heavy atom. The molecule has 0 saturated carbocycles. The van der Waals surface area contributed by atoms with E-state index in [-0.39, 0.29) is 22.8 Å². The van der Waals surface area contributed by atoms with E-state index in [9.17, 15) is 9.59 Å². The van der Waals surface area contributed by atoms with Crippen LogP contribution in [0.4, 0.5) is 4.79 Å². The van der Waals surface area contributed by atoms with E-state index in [4.69, 9.17) is 14.1 Å².